The third-order valence-corrected chi connectivity index (χ3v) is 8.26. The molecule has 1 saturated heterocycles. The second-order valence-corrected chi connectivity index (χ2v) is 11.0. The maximum atomic E-state index is 13.0. The largest absolute Gasteiger partial charge is 0.369 e. The van der Waals surface area contributed by atoms with E-state index in [1.807, 2.05) is 4.90 Å². The third kappa shape index (κ3) is 4.44. The number of hydrogen-bond donors (Lipinski definition) is 1. The number of piperazine rings is 1. The normalized spacial score (nSPS) is 25.1. The molecule has 2 heterocycles. The standard InChI is InChI=1S/C26H40N4O/c1-26(2)19-30(25(31)27-21-7-3-4-8-21)18-20-17-23(11-12-24(20)26)29-15-13-28(14-16-29)22-9-5-6-10-22/h11-12,17,21-22H,3-10,13-16,18-19H2,1-2H3,(H,27,31). The lowest BCUT2D eigenvalue weighted by Gasteiger charge is -2.42. The van der Waals surface area contributed by atoms with Gasteiger partial charge in [-0.2, -0.15) is 0 Å². The smallest absolute Gasteiger partial charge is 0.317 e. The molecular weight excluding hydrogens is 384 g/mol. The monoisotopic (exact) mass is 424 g/mol. The van der Waals surface area contributed by atoms with Crippen molar-refractivity contribution >= 4 is 11.7 Å². The quantitative estimate of drug-likeness (QED) is 0.777. The van der Waals surface area contributed by atoms with Gasteiger partial charge in [0.05, 0.1) is 0 Å². The van der Waals surface area contributed by atoms with Gasteiger partial charge in [0.15, 0.2) is 0 Å². The van der Waals surface area contributed by atoms with Gasteiger partial charge in [0, 0.05) is 62.5 Å². The number of carbonyl (C=O) groups excluding carboxylic acids is 1. The van der Waals surface area contributed by atoms with Crippen molar-refractivity contribution in [3.63, 3.8) is 0 Å². The zero-order chi connectivity index (χ0) is 21.4. The van der Waals surface area contributed by atoms with Gasteiger partial charge in [0.25, 0.3) is 0 Å². The number of hydrogen-bond acceptors (Lipinski definition) is 3. The van der Waals surface area contributed by atoms with Crippen LogP contribution in [-0.4, -0.2) is 60.6 Å². The third-order valence-electron chi connectivity index (χ3n) is 8.26. The van der Waals surface area contributed by atoms with Crippen molar-refractivity contribution in [2.75, 3.05) is 37.6 Å². The number of nitrogens with zero attached hydrogens (tertiary/aromatic N) is 3. The van der Waals surface area contributed by atoms with Crippen molar-refractivity contribution in [1.29, 1.82) is 0 Å². The van der Waals surface area contributed by atoms with E-state index in [0.717, 1.165) is 45.1 Å². The van der Waals surface area contributed by atoms with E-state index in [1.165, 1.54) is 68.4 Å². The van der Waals surface area contributed by atoms with E-state index in [-0.39, 0.29) is 11.4 Å². The van der Waals surface area contributed by atoms with E-state index in [2.05, 4.69) is 47.2 Å². The maximum absolute atomic E-state index is 13.0. The summed E-state index contributed by atoms with van der Waals surface area (Å²) in [6, 6.07) is 8.36. The van der Waals surface area contributed by atoms with E-state index in [1.54, 1.807) is 0 Å². The summed E-state index contributed by atoms with van der Waals surface area (Å²) in [5.41, 5.74) is 4.05. The van der Waals surface area contributed by atoms with Gasteiger partial charge >= 0.3 is 6.03 Å². The van der Waals surface area contributed by atoms with Crippen molar-refractivity contribution in [3.05, 3.63) is 29.3 Å². The summed E-state index contributed by atoms with van der Waals surface area (Å²) in [7, 11) is 0. The fraction of sp³-hybridized carbons (Fsp3) is 0.731. The maximum Gasteiger partial charge on any atom is 0.317 e. The Kier molecular flexibility index (Phi) is 5.89. The molecule has 1 N–H and O–H groups in total. The summed E-state index contributed by atoms with van der Waals surface area (Å²) in [5.74, 6) is 0. The summed E-state index contributed by atoms with van der Waals surface area (Å²) >= 11 is 0. The fourth-order valence-corrected chi connectivity index (χ4v) is 6.49. The number of amides is 2. The van der Waals surface area contributed by atoms with Crippen LogP contribution in [-0.2, 0) is 12.0 Å². The average Bonchev–Trinajstić information content (AvgIpc) is 3.47. The summed E-state index contributed by atoms with van der Waals surface area (Å²) in [6.07, 6.45) is 10.4. The van der Waals surface area contributed by atoms with E-state index < -0.39 is 0 Å². The van der Waals surface area contributed by atoms with Crippen LogP contribution in [0.25, 0.3) is 0 Å². The van der Waals surface area contributed by atoms with Crippen LogP contribution in [0.15, 0.2) is 18.2 Å². The Morgan fingerprint density at radius 3 is 2.35 bits per heavy atom. The number of benzene rings is 1. The summed E-state index contributed by atoms with van der Waals surface area (Å²) in [4.78, 5) is 20.3. The highest BCUT2D eigenvalue weighted by Gasteiger charge is 2.35. The fourth-order valence-electron chi connectivity index (χ4n) is 6.49. The molecule has 2 aliphatic heterocycles. The number of carbonyl (C=O) groups is 1. The van der Waals surface area contributed by atoms with Gasteiger partial charge < -0.3 is 15.1 Å². The molecule has 5 nitrogen and oxygen atoms in total. The zero-order valence-corrected chi connectivity index (χ0v) is 19.5. The first-order valence-electron chi connectivity index (χ1n) is 12.7. The van der Waals surface area contributed by atoms with Crippen molar-refractivity contribution < 1.29 is 4.79 Å². The Morgan fingerprint density at radius 1 is 0.968 bits per heavy atom. The summed E-state index contributed by atoms with van der Waals surface area (Å²) in [5, 5.41) is 3.30. The van der Waals surface area contributed by atoms with Crippen LogP contribution < -0.4 is 10.2 Å². The van der Waals surface area contributed by atoms with Gasteiger partial charge in [-0.25, -0.2) is 4.79 Å². The number of urea groups is 1. The minimum atomic E-state index is -0.0136. The molecule has 2 aliphatic carbocycles. The molecule has 2 saturated carbocycles. The lowest BCUT2D eigenvalue weighted by molar-refractivity contribution is 0.170. The topological polar surface area (TPSA) is 38.8 Å². The molecule has 0 unspecified atom stereocenters. The number of rotatable bonds is 3. The minimum Gasteiger partial charge on any atom is -0.369 e. The van der Waals surface area contributed by atoms with Crippen LogP contribution in [0.3, 0.4) is 0 Å². The number of anilines is 1. The average molecular weight is 425 g/mol. The Labute approximate surface area is 188 Å². The van der Waals surface area contributed by atoms with Gasteiger partial charge in [0.2, 0.25) is 0 Å². The Hall–Kier alpha value is -1.75. The van der Waals surface area contributed by atoms with Crippen LogP contribution in [0.2, 0.25) is 0 Å². The van der Waals surface area contributed by atoms with Crippen LogP contribution in [0, 0.1) is 0 Å². The SMILES string of the molecule is CC1(C)CN(C(=O)NC2CCCC2)Cc2cc(N3CCN(C4CCCC4)CC3)ccc21. The Morgan fingerprint density at radius 2 is 1.65 bits per heavy atom. The molecule has 0 radical (unpaired) electrons. The highest BCUT2D eigenvalue weighted by molar-refractivity contribution is 5.75. The van der Waals surface area contributed by atoms with Crippen LogP contribution in [0.5, 0.6) is 0 Å². The molecule has 0 aromatic heterocycles. The molecule has 31 heavy (non-hydrogen) atoms. The van der Waals surface area contributed by atoms with Crippen molar-refractivity contribution in [1.82, 2.24) is 15.1 Å². The highest BCUT2D eigenvalue weighted by Crippen LogP contribution is 2.36. The van der Waals surface area contributed by atoms with Gasteiger partial charge in [-0.3, -0.25) is 4.90 Å². The molecule has 2 amide bonds. The van der Waals surface area contributed by atoms with Gasteiger partial charge in [-0.15, -0.1) is 0 Å². The van der Waals surface area contributed by atoms with E-state index in [0.29, 0.717) is 6.04 Å². The number of nitrogens with one attached hydrogen (secondary N) is 1. The van der Waals surface area contributed by atoms with Crippen LogP contribution in [0.1, 0.15) is 76.3 Å². The second kappa shape index (κ2) is 8.65. The second-order valence-electron chi connectivity index (χ2n) is 11.0. The lowest BCUT2D eigenvalue weighted by Crippen LogP contribution is -2.51. The molecule has 5 rings (SSSR count). The first kappa shape index (κ1) is 21.1. The Balaban J connectivity index is 1.27. The molecular formula is C26H40N4O. The lowest BCUT2D eigenvalue weighted by atomic mass is 9.78. The Bertz CT molecular complexity index is 787. The predicted octanol–water partition coefficient (Wildman–Crippen LogP) is 4.50. The molecule has 4 aliphatic rings. The molecule has 1 aromatic rings. The summed E-state index contributed by atoms with van der Waals surface area (Å²) < 4.78 is 0. The van der Waals surface area contributed by atoms with Gasteiger partial charge in [-0.05, 0) is 48.9 Å². The first-order valence-corrected chi connectivity index (χ1v) is 12.7. The summed E-state index contributed by atoms with van der Waals surface area (Å²) in [6.45, 7) is 10.7. The van der Waals surface area contributed by atoms with Gasteiger partial charge in [0.1, 0.15) is 0 Å². The molecule has 0 bridgehead atoms. The van der Waals surface area contributed by atoms with Crippen molar-refractivity contribution in [2.45, 2.75) is 89.3 Å². The molecule has 5 heteroatoms. The van der Waals surface area contributed by atoms with E-state index in [9.17, 15) is 4.79 Å². The molecule has 1 aromatic carbocycles. The molecule has 0 spiro atoms. The first-order chi connectivity index (χ1) is 15.0. The molecule has 0 atom stereocenters. The van der Waals surface area contributed by atoms with Gasteiger partial charge in [-0.1, -0.05) is 45.6 Å². The van der Waals surface area contributed by atoms with Crippen LogP contribution >= 0.6 is 0 Å². The van der Waals surface area contributed by atoms with Crippen molar-refractivity contribution in [2.24, 2.45) is 0 Å². The van der Waals surface area contributed by atoms with E-state index >= 15 is 0 Å². The molecule has 170 valence electrons. The number of fused-ring (bicyclic) bond motifs is 1. The van der Waals surface area contributed by atoms with E-state index in [4.69, 9.17) is 0 Å². The molecule has 3 fully saturated rings. The zero-order valence-electron chi connectivity index (χ0n) is 19.5. The highest BCUT2D eigenvalue weighted by atomic mass is 16.2. The minimum absolute atomic E-state index is 0.0136. The predicted molar refractivity (Wildman–Crippen MR) is 127 cm³/mol. The van der Waals surface area contributed by atoms with Crippen molar-refractivity contribution in [3.8, 4) is 0 Å². The van der Waals surface area contributed by atoms with Crippen LogP contribution in [0.4, 0.5) is 10.5 Å².